The molecule has 0 unspecified atom stereocenters. The second kappa shape index (κ2) is 8.00. The Hall–Kier alpha value is -0.290. The molecule has 7 heteroatoms. The summed E-state index contributed by atoms with van der Waals surface area (Å²) in [4.78, 5) is 15.5. The number of amidine groups is 1. The summed E-state index contributed by atoms with van der Waals surface area (Å²) in [5.74, 6) is -0.647. The van der Waals surface area contributed by atoms with Crippen molar-refractivity contribution in [3.05, 3.63) is 34.3 Å². The Labute approximate surface area is 154 Å². The molecule has 0 heterocycles. The van der Waals surface area contributed by atoms with Gasteiger partial charge in [0.25, 0.3) is 9.70 Å². The number of benzene rings is 1. The Morgan fingerprint density at radius 3 is 2.09 bits per heavy atom. The van der Waals surface area contributed by atoms with E-state index in [-0.39, 0.29) is 5.84 Å². The van der Waals surface area contributed by atoms with Crippen LogP contribution in [0.25, 0.3) is 0 Å². The average molecular weight is 429 g/mol. The highest BCUT2D eigenvalue weighted by Gasteiger charge is 2.43. The second-order valence-electron chi connectivity index (χ2n) is 4.74. The summed E-state index contributed by atoms with van der Waals surface area (Å²) in [7, 11) is 0. The number of amides is 1. The van der Waals surface area contributed by atoms with Crippen molar-refractivity contribution >= 4 is 62.5 Å². The van der Waals surface area contributed by atoms with Crippen LogP contribution in [0.4, 0.5) is 0 Å². The molecule has 1 amide bonds. The van der Waals surface area contributed by atoms with Gasteiger partial charge in [0.05, 0.1) is 5.41 Å². The van der Waals surface area contributed by atoms with Gasteiger partial charge in [-0.1, -0.05) is 83.1 Å². The fourth-order valence-electron chi connectivity index (χ4n) is 2.27. The SMILES string of the molecule is CC.NC(=NC(=O)C(Cl)(Cl)Cl)C1(c2ccc(Br)cc2)CCC1. The number of aliphatic imine (C=N–C) groups is 1. The van der Waals surface area contributed by atoms with Gasteiger partial charge in [0.2, 0.25) is 0 Å². The van der Waals surface area contributed by atoms with Crippen molar-refractivity contribution < 1.29 is 4.79 Å². The van der Waals surface area contributed by atoms with Crippen molar-refractivity contribution in [1.29, 1.82) is 0 Å². The Bertz CT molecular complexity index is 549. The lowest BCUT2D eigenvalue weighted by Crippen LogP contribution is -2.47. The summed E-state index contributed by atoms with van der Waals surface area (Å²) in [6, 6.07) is 7.79. The van der Waals surface area contributed by atoms with Gasteiger partial charge in [-0.05, 0) is 30.5 Å². The molecule has 0 aromatic heterocycles. The molecule has 0 spiro atoms. The number of alkyl halides is 3. The van der Waals surface area contributed by atoms with Crippen molar-refractivity contribution in [2.45, 2.75) is 42.3 Å². The number of hydrogen-bond acceptors (Lipinski definition) is 1. The van der Waals surface area contributed by atoms with E-state index in [9.17, 15) is 4.79 Å². The van der Waals surface area contributed by atoms with Crippen LogP contribution < -0.4 is 5.73 Å². The molecule has 0 bridgehead atoms. The van der Waals surface area contributed by atoms with E-state index in [0.29, 0.717) is 0 Å². The fraction of sp³-hybridized carbons (Fsp3) is 0.467. The molecule has 1 aliphatic carbocycles. The van der Waals surface area contributed by atoms with E-state index >= 15 is 0 Å². The molecule has 3 nitrogen and oxygen atoms in total. The third-order valence-electron chi connectivity index (χ3n) is 3.56. The molecule has 0 aliphatic heterocycles. The summed E-state index contributed by atoms with van der Waals surface area (Å²) >= 11 is 19.9. The first kappa shape index (κ1) is 19.8. The van der Waals surface area contributed by atoms with Crippen LogP contribution in [-0.4, -0.2) is 15.5 Å². The molecule has 2 N–H and O–H groups in total. The molecule has 1 aromatic carbocycles. The zero-order valence-electron chi connectivity index (χ0n) is 12.4. The molecule has 0 atom stereocenters. The maximum atomic E-state index is 11.7. The van der Waals surface area contributed by atoms with Crippen LogP contribution in [0, 0.1) is 0 Å². The molecular weight excluding hydrogens is 410 g/mol. The zero-order valence-corrected chi connectivity index (χ0v) is 16.2. The number of hydrogen-bond donors (Lipinski definition) is 1. The van der Waals surface area contributed by atoms with Crippen molar-refractivity contribution in [1.82, 2.24) is 0 Å². The first-order chi connectivity index (χ1) is 10.3. The Morgan fingerprint density at radius 1 is 1.23 bits per heavy atom. The molecule has 1 fully saturated rings. The van der Waals surface area contributed by atoms with E-state index in [1.807, 2.05) is 38.1 Å². The summed E-state index contributed by atoms with van der Waals surface area (Å²) in [6.45, 7) is 4.00. The monoisotopic (exact) mass is 426 g/mol. The maximum absolute atomic E-state index is 11.7. The van der Waals surface area contributed by atoms with E-state index in [2.05, 4.69) is 20.9 Å². The predicted octanol–water partition coefficient (Wildman–Crippen LogP) is 5.15. The molecule has 1 aromatic rings. The Balaban J connectivity index is 0.00000116. The Morgan fingerprint density at radius 2 is 1.73 bits per heavy atom. The topological polar surface area (TPSA) is 55.4 Å². The maximum Gasteiger partial charge on any atom is 0.299 e. The molecule has 1 aliphatic rings. The molecular formula is C15H18BrCl3N2O. The zero-order chi connectivity index (χ0) is 17.0. The van der Waals surface area contributed by atoms with Gasteiger partial charge in [0.1, 0.15) is 5.84 Å². The van der Waals surface area contributed by atoms with Crippen molar-refractivity contribution in [2.24, 2.45) is 10.7 Å². The molecule has 0 radical (unpaired) electrons. The van der Waals surface area contributed by atoms with Crippen LogP contribution in [-0.2, 0) is 10.2 Å². The second-order valence-corrected chi connectivity index (χ2v) is 7.94. The van der Waals surface area contributed by atoms with Crippen molar-refractivity contribution in [2.75, 3.05) is 0 Å². The first-order valence-electron chi connectivity index (χ1n) is 6.97. The van der Waals surface area contributed by atoms with Gasteiger partial charge in [-0.15, -0.1) is 0 Å². The Kier molecular flexibility index (Phi) is 7.19. The van der Waals surface area contributed by atoms with Gasteiger partial charge in [0, 0.05) is 4.47 Å². The van der Waals surface area contributed by atoms with Crippen molar-refractivity contribution in [3.63, 3.8) is 0 Å². The van der Waals surface area contributed by atoms with E-state index in [1.54, 1.807) is 0 Å². The summed E-state index contributed by atoms with van der Waals surface area (Å²) < 4.78 is -1.10. The number of halogens is 4. The summed E-state index contributed by atoms with van der Waals surface area (Å²) in [5.41, 5.74) is 6.62. The predicted molar refractivity (Wildman–Crippen MR) is 97.9 cm³/mol. The van der Waals surface area contributed by atoms with E-state index in [0.717, 1.165) is 29.3 Å². The standard InChI is InChI=1S/C13H12BrCl3N2O.C2H6/c14-9-4-2-8(3-5-9)12(6-1-7-12)10(18)19-11(20)13(15,16)17;1-2/h2-5H,1,6-7H2,(H2,18,19,20);1-2H3. The van der Waals surface area contributed by atoms with E-state index < -0.39 is 15.1 Å². The van der Waals surface area contributed by atoms with Gasteiger partial charge < -0.3 is 5.73 Å². The van der Waals surface area contributed by atoms with Crippen LogP contribution >= 0.6 is 50.7 Å². The largest absolute Gasteiger partial charge is 0.386 e. The molecule has 1 saturated carbocycles. The van der Waals surface area contributed by atoms with Crippen LogP contribution in [0.1, 0.15) is 38.7 Å². The van der Waals surface area contributed by atoms with Crippen LogP contribution in [0.15, 0.2) is 33.7 Å². The van der Waals surface area contributed by atoms with Crippen LogP contribution in [0.2, 0.25) is 0 Å². The highest BCUT2D eigenvalue weighted by Crippen LogP contribution is 2.44. The number of carbonyl (C=O) groups excluding carboxylic acids is 1. The van der Waals surface area contributed by atoms with E-state index in [4.69, 9.17) is 40.5 Å². The lowest BCUT2D eigenvalue weighted by molar-refractivity contribution is -0.117. The van der Waals surface area contributed by atoms with Gasteiger partial charge in [-0.2, -0.15) is 4.99 Å². The summed E-state index contributed by atoms with van der Waals surface area (Å²) in [6.07, 6.45) is 2.68. The lowest BCUT2D eigenvalue weighted by atomic mass is 9.63. The molecule has 2 rings (SSSR count). The van der Waals surface area contributed by atoms with E-state index in [1.165, 1.54) is 0 Å². The molecule has 0 saturated heterocycles. The smallest absolute Gasteiger partial charge is 0.299 e. The molecule has 22 heavy (non-hydrogen) atoms. The quantitative estimate of drug-likeness (QED) is 0.402. The van der Waals surface area contributed by atoms with Gasteiger partial charge >= 0.3 is 0 Å². The van der Waals surface area contributed by atoms with Gasteiger partial charge in [-0.25, -0.2) is 0 Å². The third-order valence-corrected chi connectivity index (χ3v) is 4.57. The highest BCUT2D eigenvalue weighted by molar-refractivity contribution is 9.10. The number of carbonyl (C=O) groups is 1. The third kappa shape index (κ3) is 4.38. The first-order valence-corrected chi connectivity index (χ1v) is 8.90. The number of nitrogens with zero attached hydrogens (tertiary/aromatic N) is 1. The molecule has 122 valence electrons. The fourth-order valence-corrected chi connectivity index (χ4v) is 2.66. The minimum absolute atomic E-state index is 0.211. The number of rotatable bonds is 2. The highest BCUT2D eigenvalue weighted by atomic mass is 79.9. The van der Waals surface area contributed by atoms with Gasteiger partial charge in [-0.3, -0.25) is 4.79 Å². The van der Waals surface area contributed by atoms with Crippen molar-refractivity contribution in [3.8, 4) is 0 Å². The van der Waals surface area contributed by atoms with Crippen LogP contribution in [0.3, 0.4) is 0 Å². The number of nitrogens with two attached hydrogens (primary N) is 1. The minimum Gasteiger partial charge on any atom is -0.386 e. The minimum atomic E-state index is -2.07. The normalized spacial score (nSPS) is 17.1. The summed E-state index contributed by atoms with van der Waals surface area (Å²) in [5, 5.41) is 0. The lowest BCUT2D eigenvalue weighted by Gasteiger charge is -2.41. The van der Waals surface area contributed by atoms with Crippen LogP contribution in [0.5, 0.6) is 0 Å². The average Bonchev–Trinajstić information content (AvgIpc) is 2.41. The van der Waals surface area contributed by atoms with Gasteiger partial charge in [0.15, 0.2) is 0 Å².